The van der Waals surface area contributed by atoms with Crippen LogP contribution in [0.1, 0.15) is 52.9 Å². The molecule has 0 spiro atoms. The summed E-state index contributed by atoms with van der Waals surface area (Å²) in [5, 5.41) is 12.3. The van der Waals surface area contributed by atoms with Crippen molar-refractivity contribution in [1.82, 2.24) is 5.32 Å². The van der Waals surface area contributed by atoms with Crippen molar-refractivity contribution >= 4 is 23.6 Å². The Bertz CT molecular complexity index is 448. The molecule has 3 atom stereocenters. The summed E-state index contributed by atoms with van der Waals surface area (Å²) in [5.74, 6) is 1.94. The summed E-state index contributed by atoms with van der Waals surface area (Å²) < 4.78 is 5.95. The van der Waals surface area contributed by atoms with Crippen LogP contribution < -0.4 is 5.32 Å². The van der Waals surface area contributed by atoms with E-state index in [9.17, 15) is 14.7 Å². The molecule has 0 aromatic heterocycles. The number of amides is 1. The number of carboxylic acid groups (broad SMARTS) is 1. The van der Waals surface area contributed by atoms with Crippen LogP contribution in [0.3, 0.4) is 0 Å². The van der Waals surface area contributed by atoms with Crippen molar-refractivity contribution in [3.05, 3.63) is 0 Å². The topological polar surface area (TPSA) is 75.6 Å². The van der Waals surface area contributed by atoms with Gasteiger partial charge in [-0.3, -0.25) is 4.79 Å². The lowest BCUT2D eigenvalue weighted by atomic mass is 9.75. The molecule has 2 aliphatic rings. The van der Waals surface area contributed by atoms with Gasteiger partial charge in [0.05, 0.1) is 6.10 Å². The molecule has 0 radical (unpaired) electrons. The Labute approximate surface area is 149 Å². The number of aliphatic carboxylic acids is 1. The van der Waals surface area contributed by atoms with Gasteiger partial charge < -0.3 is 15.2 Å². The van der Waals surface area contributed by atoms with E-state index in [1.807, 2.05) is 0 Å². The predicted octanol–water partition coefficient (Wildman–Crippen LogP) is 2.93. The highest BCUT2D eigenvalue weighted by molar-refractivity contribution is 7.99. The van der Waals surface area contributed by atoms with E-state index in [-0.39, 0.29) is 18.6 Å². The van der Waals surface area contributed by atoms with Crippen LogP contribution in [0.2, 0.25) is 0 Å². The van der Waals surface area contributed by atoms with E-state index in [0.717, 1.165) is 24.3 Å². The molecule has 5 nitrogen and oxygen atoms in total. The second-order valence-electron chi connectivity index (χ2n) is 7.72. The third-order valence-electron chi connectivity index (χ3n) is 5.52. The Hall–Kier alpha value is -0.750. The second-order valence-corrected chi connectivity index (χ2v) is 8.95. The molecule has 1 saturated heterocycles. The lowest BCUT2D eigenvalue weighted by molar-refractivity contribution is -0.149. The minimum atomic E-state index is -1.11. The van der Waals surface area contributed by atoms with Crippen LogP contribution in [-0.4, -0.2) is 46.7 Å². The summed E-state index contributed by atoms with van der Waals surface area (Å²) in [4.78, 5) is 24.0. The van der Waals surface area contributed by atoms with Crippen LogP contribution in [0.4, 0.5) is 0 Å². The molecule has 0 aromatic carbocycles. The number of thioether (sulfide) groups is 1. The Morgan fingerprint density at radius 1 is 1.29 bits per heavy atom. The molecular formula is C18H31NO4S. The standard InChI is InChI=1S/C18H31NO4S/c1-12(2)14-5-4-13(3)10-15(14)23-11-16(20)19-18(17(21)22)6-8-24-9-7-18/h12-15H,4-11H2,1-3H3,(H,19,20)(H,21,22). The molecule has 1 heterocycles. The second kappa shape index (κ2) is 8.56. The summed E-state index contributed by atoms with van der Waals surface area (Å²) in [6.45, 7) is 6.60. The zero-order chi connectivity index (χ0) is 17.7. The normalized spacial score (nSPS) is 30.1. The first-order valence-corrected chi connectivity index (χ1v) is 10.2. The molecule has 24 heavy (non-hydrogen) atoms. The molecule has 2 N–H and O–H groups in total. The Balaban J connectivity index is 1.90. The number of rotatable bonds is 6. The lowest BCUT2D eigenvalue weighted by Crippen LogP contribution is -2.57. The average molecular weight is 358 g/mol. The number of carbonyl (C=O) groups excluding carboxylic acids is 1. The maximum atomic E-state index is 12.3. The van der Waals surface area contributed by atoms with Gasteiger partial charge in [-0.2, -0.15) is 11.8 Å². The molecule has 138 valence electrons. The van der Waals surface area contributed by atoms with E-state index in [1.165, 1.54) is 6.42 Å². The number of carbonyl (C=O) groups is 2. The van der Waals surface area contributed by atoms with E-state index in [1.54, 1.807) is 11.8 Å². The maximum Gasteiger partial charge on any atom is 0.329 e. The SMILES string of the molecule is CC1CCC(C(C)C)C(OCC(=O)NC2(C(=O)O)CCSCC2)C1. The number of ether oxygens (including phenoxy) is 1. The molecule has 6 heteroatoms. The fraction of sp³-hybridized carbons (Fsp3) is 0.889. The molecule has 3 unspecified atom stereocenters. The fourth-order valence-corrected chi connectivity index (χ4v) is 5.09. The van der Waals surface area contributed by atoms with Crippen molar-refractivity contribution in [1.29, 1.82) is 0 Å². The summed E-state index contributed by atoms with van der Waals surface area (Å²) in [5.41, 5.74) is -1.11. The Morgan fingerprint density at radius 2 is 1.96 bits per heavy atom. The highest BCUT2D eigenvalue weighted by Gasteiger charge is 2.41. The van der Waals surface area contributed by atoms with Crippen LogP contribution in [0.25, 0.3) is 0 Å². The largest absolute Gasteiger partial charge is 0.480 e. The summed E-state index contributed by atoms with van der Waals surface area (Å²) in [6, 6.07) is 0. The van der Waals surface area contributed by atoms with Crippen LogP contribution in [0.15, 0.2) is 0 Å². The van der Waals surface area contributed by atoms with E-state index >= 15 is 0 Å². The fourth-order valence-electron chi connectivity index (χ4n) is 3.90. The molecule has 2 rings (SSSR count). The van der Waals surface area contributed by atoms with Crippen molar-refractivity contribution < 1.29 is 19.4 Å². The van der Waals surface area contributed by atoms with Crippen molar-refractivity contribution in [2.24, 2.45) is 17.8 Å². The first-order chi connectivity index (χ1) is 11.3. The summed E-state index contributed by atoms with van der Waals surface area (Å²) >= 11 is 1.74. The van der Waals surface area contributed by atoms with Crippen molar-refractivity contribution in [2.45, 2.75) is 64.5 Å². The molecule has 1 saturated carbocycles. The van der Waals surface area contributed by atoms with Gasteiger partial charge in [0, 0.05) is 0 Å². The maximum absolute atomic E-state index is 12.3. The van der Waals surface area contributed by atoms with Gasteiger partial charge in [-0.15, -0.1) is 0 Å². The number of hydrogen-bond acceptors (Lipinski definition) is 4. The van der Waals surface area contributed by atoms with E-state index in [2.05, 4.69) is 26.1 Å². The molecule has 0 bridgehead atoms. The van der Waals surface area contributed by atoms with Crippen molar-refractivity contribution in [3.8, 4) is 0 Å². The quantitative estimate of drug-likeness (QED) is 0.764. The molecule has 1 aliphatic heterocycles. The first kappa shape index (κ1) is 19.6. The third kappa shape index (κ3) is 4.88. The van der Waals surface area contributed by atoms with Crippen molar-refractivity contribution in [2.75, 3.05) is 18.1 Å². The third-order valence-corrected chi connectivity index (χ3v) is 6.51. The Morgan fingerprint density at radius 3 is 2.54 bits per heavy atom. The average Bonchev–Trinajstić information content (AvgIpc) is 2.53. The van der Waals surface area contributed by atoms with Crippen LogP contribution in [0.5, 0.6) is 0 Å². The molecule has 2 fully saturated rings. The predicted molar refractivity (Wildman–Crippen MR) is 96.2 cm³/mol. The monoisotopic (exact) mass is 357 g/mol. The minimum Gasteiger partial charge on any atom is -0.480 e. The van der Waals surface area contributed by atoms with E-state index < -0.39 is 11.5 Å². The summed E-state index contributed by atoms with van der Waals surface area (Å²) in [6.07, 6.45) is 4.40. The van der Waals surface area contributed by atoms with Gasteiger partial charge in [-0.1, -0.05) is 27.2 Å². The number of hydrogen-bond donors (Lipinski definition) is 2. The first-order valence-electron chi connectivity index (χ1n) is 9.08. The van der Waals surface area contributed by atoms with Crippen molar-refractivity contribution in [3.63, 3.8) is 0 Å². The van der Waals surface area contributed by atoms with Gasteiger partial charge in [0.1, 0.15) is 12.1 Å². The molecule has 0 aromatic rings. The zero-order valence-electron chi connectivity index (χ0n) is 15.0. The van der Waals surface area contributed by atoms with E-state index in [4.69, 9.17) is 4.74 Å². The smallest absolute Gasteiger partial charge is 0.329 e. The van der Waals surface area contributed by atoms with E-state index in [0.29, 0.717) is 30.6 Å². The van der Waals surface area contributed by atoms with Crippen LogP contribution in [-0.2, 0) is 14.3 Å². The minimum absolute atomic E-state index is 0.0389. The van der Waals surface area contributed by atoms with Gasteiger partial charge in [-0.05, 0) is 54.9 Å². The summed E-state index contributed by atoms with van der Waals surface area (Å²) in [7, 11) is 0. The lowest BCUT2D eigenvalue weighted by Gasteiger charge is -2.37. The zero-order valence-corrected chi connectivity index (χ0v) is 15.9. The highest BCUT2D eigenvalue weighted by Crippen LogP contribution is 2.35. The highest BCUT2D eigenvalue weighted by atomic mass is 32.2. The van der Waals surface area contributed by atoms with Gasteiger partial charge in [0.25, 0.3) is 0 Å². The van der Waals surface area contributed by atoms with Gasteiger partial charge in [0.2, 0.25) is 5.91 Å². The van der Waals surface area contributed by atoms with Crippen LogP contribution in [0, 0.1) is 17.8 Å². The van der Waals surface area contributed by atoms with Gasteiger partial charge >= 0.3 is 5.97 Å². The Kier molecular flexibility index (Phi) is 6.99. The molecular weight excluding hydrogens is 326 g/mol. The molecule has 1 aliphatic carbocycles. The molecule has 1 amide bonds. The van der Waals surface area contributed by atoms with Gasteiger partial charge in [0.15, 0.2) is 0 Å². The number of nitrogens with one attached hydrogen (secondary N) is 1. The van der Waals surface area contributed by atoms with Crippen LogP contribution >= 0.6 is 11.8 Å². The van der Waals surface area contributed by atoms with Gasteiger partial charge in [-0.25, -0.2) is 4.79 Å². The number of carboxylic acids is 1.